The van der Waals surface area contributed by atoms with Gasteiger partial charge in [-0.2, -0.15) is 0 Å². The summed E-state index contributed by atoms with van der Waals surface area (Å²) in [5, 5.41) is 20.3. The average Bonchev–Trinajstić information content (AvgIpc) is 3.13. The van der Waals surface area contributed by atoms with Crippen LogP contribution in [0.3, 0.4) is 0 Å². The van der Waals surface area contributed by atoms with E-state index < -0.39 is 6.10 Å². The number of nitrogens with zero attached hydrogens (tertiary/aromatic N) is 3. The molecule has 0 aliphatic carbocycles. The van der Waals surface area contributed by atoms with Crippen molar-refractivity contribution in [3.63, 3.8) is 0 Å². The number of aliphatic hydroxyl groups is 1. The standard InChI is InChI=1S/C20H22ClN3O3S/c1-26-12-11-24-19(15-5-3-2-4-6-15)22-23-20(24)28-14-17(25)13-27-18-9-7-16(21)8-10-18/h2-10,17,25H,11-14H2,1H3. The molecule has 0 saturated carbocycles. The van der Waals surface area contributed by atoms with Crippen molar-refractivity contribution >= 4 is 23.4 Å². The van der Waals surface area contributed by atoms with Crippen molar-refractivity contribution in [3.8, 4) is 17.1 Å². The van der Waals surface area contributed by atoms with Gasteiger partial charge >= 0.3 is 0 Å². The van der Waals surface area contributed by atoms with Crippen molar-refractivity contribution in [1.82, 2.24) is 14.8 Å². The Hall–Kier alpha value is -2.06. The molecule has 28 heavy (non-hydrogen) atoms. The number of thioether (sulfide) groups is 1. The van der Waals surface area contributed by atoms with Gasteiger partial charge in [-0.3, -0.25) is 4.57 Å². The van der Waals surface area contributed by atoms with E-state index in [4.69, 9.17) is 21.1 Å². The lowest BCUT2D eigenvalue weighted by atomic mass is 10.2. The Bertz CT molecular complexity index is 859. The van der Waals surface area contributed by atoms with E-state index >= 15 is 0 Å². The molecular weight excluding hydrogens is 398 g/mol. The third-order valence-corrected chi connectivity index (χ3v) is 5.29. The Morgan fingerprint density at radius 1 is 1.11 bits per heavy atom. The van der Waals surface area contributed by atoms with Gasteiger partial charge < -0.3 is 14.6 Å². The van der Waals surface area contributed by atoms with Crippen LogP contribution in [-0.4, -0.2) is 52.1 Å². The highest BCUT2D eigenvalue weighted by molar-refractivity contribution is 7.99. The summed E-state index contributed by atoms with van der Waals surface area (Å²) in [5.74, 6) is 1.89. The van der Waals surface area contributed by atoms with Gasteiger partial charge in [0.15, 0.2) is 11.0 Å². The molecule has 8 heteroatoms. The monoisotopic (exact) mass is 419 g/mol. The lowest BCUT2D eigenvalue weighted by Gasteiger charge is -2.13. The quantitative estimate of drug-likeness (QED) is 0.504. The molecule has 0 radical (unpaired) electrons. The van der Waals surface area contributed by atoms with Gasteiger partial charge in [0, 0.05) is 23.4 Å². The predicted octanol–water partition coefficient (Wildman–Crippen LogP) is 3.78. The van der Waals surface area contributed by atoms with Crippen LogP contribution in [0, 0.1) is 0 Å². The molecular formula is C20H22ClN3O3S. The Kier molecular flexibility index (Phi) is 7.73. The lowest BCUT2D eigenvalue weighted by Crippen LogP contribution is -2.20. The summed E-state index contributed by atoms with van der Waals surface area (Å²) in [6.07, 6.45) is -0.645. The largest absolute Gasteiger partial charge is 0.491 e. The fourth-order valence-electron chi connectivity index (χ4n) is 2.52. The second-order valence-corrected chi connectivity index (χ2v) is 7.47. The number of ether oxygens (including phenoxy) is 2. The van der Waals surface area contributed by atoms with Gasteiger partial charge in [-0.05, 0) is 24.3 Å². The number of aromatic nitrogens is 3. The number of rotatable bonds is 10. The number of aliphatic hydroxyl groups excluding tert-OH is 1. The first-order chi connectivity index (χ1) is 13.7. The number of benzene rings is 2. The Morgan fingerprint density at radius 2 is 1.86 bits per heavy atom. The normalized spacial score (nSPS) is 12.1. The van der Waals surface area contributed by atoms with E-state index in [1.165, 1.54) is 11.8 Å². The summed E-state index contributed by atoms with van der Waals surface area (Å²) in [6, 6.07) is 16.9. The van der Waals surface area contributed by atoms with Gasteiger partial charge in [-0.1, -0.05) is 53.7 Å². The molecule has 2 aromatic carbocycles. The lowest BCUT2D eigenvalue weighted by molar-refractivity contribution is 0.126. The van der Waals surface area contributed by atoms with Crippen molar-refractivity contribution in [1.29, 1.82) is 0 Å². The SMILES string of the molecule is COCCn1c(SCC(O)COc2ccc(Cl)cc2)nnc1-c1ccccc1. The first kappa shape index (κ1) is 20.7. The van der Waals surface area contributed by atoms with Crippen LogP contribution in [0.4, 0.5) is 0 Å². The molecule has 1 unspecified atom stereocenters. The molecule has 0 spiro atoms. The van der Waals surface area contributed by atoms with Crippen molar-refractivity contribution in [2.24, 2.45) is 0 Å². The van der Waals surface area contributed by atoms with Crippen LogP contribution in [0.1, 0.15) is 0 Å². The zero-order chi connectivity index (χ0) is 19.8. The highest BCUT2D eigenvalue weighted by atomic mass is 35.5. The van der Waals surface area contributed by atoms with Crippen molar-refractivity contribution in [3.05, 3.63) is 59.6 Å². The van der Waals surface area contributed by atoms with Gasteiger partial charge in [0.25, 0.3) is 0 Å². The van der Waals surface area contributed by atoms with Crippen LogP contribution in [0.25, 0.3) is 11.4 Å². The third kappa shape index (κ3) is 5.72. The molecule has 0 bridgehead atoms. The maximum absolute atomic E-state index is 10.3. The molecule has 3 aromatic rings. The second kappa shape index (κ2) is 10.5. The number of hydrogen-bond acceptors (Lipinski definition) is 6. The summed E-state index contributed by atoms with van der Waals surface area (Å²) in [6.45, 7) is 1.37. The highest BCUT2D eigenvalue weighted by Crippen LogP contribution is 2.24. The Morgan fingerprint density at radius 3 is 2.57 bits per heavy atom. The zero-order valence-corrected chi connectivity index (χ0v) is 17.1. The third-order valence-electron chi connectivity index (χ3n) is 3.93. The van der Waals surface area contributed by atoms with Crippen molar-refractivity contribution in [2.75, 3.05) is 26.1 Å². The molecule has 0 aliphatic rings. The molecule has 3 rings (SSSR count). The number of halogens is 1. The van der Waals surface area contributed by atoms with Crippen molar-refractivity contribution < 1.29 is 14.6 Å². The predicted molar refractivity (Wildman–Crippen MR) is 111 cm³/mol. The highest BCUT2D eigenvalue weighted by Gasteiger charge is 2.16. The van der Waals surface area contributed by atoms with Crippen molar-refractivity contribution in [2.45, 2.75) is 17.8 Å². The molecule has 0 fully saturated rings. The van der Waals surface area contributed by atoms with E-state index in [2.05, 4.69) is 10.2 Å². The van der Waals surface area contributed by atoms with Gasteiger partial charge in [0.2, 0.25) is 0 Å². The van der Waals surface area contributed by atoms with E-state index in [1.54, 1.807) is 31.4 Å². The number of hydrogen-bond donors (Lipinski definition) is 1. The van der Waals surface area contributed by atoms with E-state index in [9.17, 15) is 5.11 Å². The summed E-state index contributed by atoms with van der Waals surface area (Å²) in [5.41, 5.74) is 0.990. The fraction of sp³-hybridized carbons (Fsp3) is 0.300. The minimum absolute atomic E-state index is 0.187. The first-order valence-corrected chi connectivity index (χ1v) is 10.2. The number of methoxy groups -OCH3 is 1. The fourth-order valence-corrected chi connectivity index (χ4v) is 3.52. The minimum atomic E-state index is -0.645. The van der Waals surface area contributed by atoms with Crippen LogP contribution in [-0.2, 0) is 11.3 Å². The maximum Gasteiger partial charge on any atom is 0.191 e. The summed E-state index contributed by atoms with van der Waals surface area (Å²) in [7, 11) is 1.66. The Labute approximate surface area is 173 Å². The Balaban J connectivity index is 1.61. The molecule has 1 heterocycles. The molecule has 0 saturated heterocycles. The van der Waals surface area contributed by atoms with E-state index in [-0.39, 0.29) is 6.61 Å². The molecule has 1 aromatic heterocycles. The van der Waals surface area contributed by atoms with Crippen LogP contribution in [0.15, 0.2) is 59.8 Å². The minimum Gasteiger partial charge on any atom is -0.491 e. The summed E-state index contributed by atoms with van der Waals surface area (Å²) in [4.78, 5) is 0. The molecule has 6 nitrogen and oxygen atoms in total. The van der Waals surface area contributed by atoms with Gasteiger partial charge in [0.1, 0.15) is 12.4 Å². The van der Waals surface area contributed by atoms with Gasteiger partial charge in [-0.15, -0.1) is 10.2 Å². The summed E-state index contributed by atoms with van der Waals surface area (Å²) >= 11 is 7.30. The molecule has 1 atom stereocenters. The van der Waals surface area contributed by atoms with Gasteiger partial charge in [0.05, 0.1) is 19.3 Å². The van der Waals surface area contributed by atoms with Crippen LogP contribution < -0.4 is 4.74 Å². The van der Waals surface area contributed by atoms with Crippen LogP contribution >= 0.6 is 23.4 Å². The van der Waals surface area contributed by atoms with E-state index in [0.717, 1.165) is 16.5 Å². The van der Waals surface area contributed by atoms with Crippen LogP contribution in [0.5, 0.6) is 5.75 Å². The molecule has 0 aliphatic heterocycles. The summed E-state index contributed by atoms with van der Waals surface area (Å²) < 4.78 is 12.8. The molecule has 0 amide bonds. The maximum atomic E-state index is 10.3. The van der Waals surface area contributed by atoms with Gasteiger partial charge in [-0.25, -0.2) is 0 Å². The average molecular weight is 420 g/mol. The topological polar surface area (TPSA) is 69.4 Å². The van der Waals surface area contributed by atoms with E-state index in [0.29, 0.717) is 29.7 Å². The zero-order valence-electron chi connectivity index (χ0n) is 15.5. The first-order valence-electron chi connectivity index (χ1n) is 8.84. The second-order valence-electron chi connectivity index (χ2n) is 6.05. The smallest absolute Gasteiger partial charge is 0.191 e. The van der Waals surface area contributed by atoms with Crippen LogP contribution in [0.2, 0.25) is 5.02 Å². The molecule has 148 valence electrons. The van der Waals surface area contributed by atoms with E-state index in [1.807, 2.05) is 34.9 Å². The molecule has 1 N–H and O–H groups in total.